The molecule has 4 rings (SSSR count). The minimum absolute atomic E-state index is 0.109. The van der Waals surface area contributed by atoms with E-state index in [0.717, 1.165) is 11.3 Å². The molecule has 27 heavy (non-hydrogen) atoms. The average Bonchev–Trinajstić information content (AvgIpc) is 3.16. The van der Waals surface area contributed by atoms with E-state index in [9.17, 15) is 4.79 Å². The summed E-state index contributed by atoms with van der Waals surface area (Å²) < 4.78 is 5.17. The van der Waals surface area contributed by atoms with Crippen molar-refractivity contribution in [3.63, 3.8) is 0 Å². The van der Waals surface area contributed by atoms with Gasteiger partial charge in [-0.2, -0.15) is 0 Å². The summed E-state index contributed by atoms with van der Waals surface area (Å²) in [6.07, 6.45) is 0. The Labute approximate surface area is 159 Å². The molecule has 1 unspecified atom stereocenters. The van der Waals surface area contributed by atoms with E-state index in [4.69, 9.17) is 4.74 Å². The van der Waals surface area contributed by atoms with Crippen LogP contribution in [0.25, 0.3) is 22.3 Å². The van der Waals surface area contributed by atoms with Gasteiger partial charge in [-0.05, 0) is 43.3 Å². The number of aromatic nitrogens is 5. The van der Waals surface area contributed by atoms with E-state index in [1.165, 1.54) is 11.8 Å². The van der Waals surface area contributed by atoms with E-state index in [2.05, 4.69) is 25.1 Å². The third-order valence-electron chi connectivity index (χ3n) is 4.13. The fourth-order valence-electron chi connectivity index (χ4n) is 2.69. The van der Waals surface area contributed by atoms with E-state index in [1.807, 2.05) is 49.4 Å². The largest absolute Gasteiger partial charge is 0.497 e. The van der Waals surface area contributed by atoms with Crippen LogP contribution in [-0.2, 0) is 0 Å². The Hall–Kier alpha value is -3.13. The number of aromatic amines is 2. The molecule has 0 radical (unpaired) electrons. The molecule has 1 atom stereocenters. The number of H-pyrrole nitrogens is 2. The summed E-state index contributed by atoms with van der Waals surface area (Å²) in [5, 5.41) is 8.26. The fraction of sp³-hybridized carbons (Fsp3) is 0.158. The molecule has 2 aromatic heterocycles. The number of benzene rings is 2. The Morgan fingerprint density at radius 3 is 2.63 bits per heavy atom. The number of ether oxygens (including phenoxy) is 1. The molecule has 136 valence electrons. The van der Waals surface area contributed by atoms with Crippen LogP contribution in [-0.4, -0.2) is 32.3 Å². The van der Waals surface area contributed by atoms with Gasteiger partial charge in [0.2, 0.25) is 5.16 Å². The lowest BCUT2D eigenvalue weighted by molar-refractivity contribution is 0.415. The molecule has 0 spiro atoms. The summed E-state index contributed by atoms with van der Waals surface area (Å²) >= 11 is 1.43. The number of thioether (sulfide) groups is 1. The predicted molar refractivity (Wildman–Crippen MR) is 105 cm³/mol. The van der Waals surface area contributed by atoms with E-state index >= 15 is 0 Å². The van der Waals surface area contributed by atoms with Crippen LogP contribution in [0.4, 0.5) is 0 Å². The van der Waals surface area contributed by atoms with Crippen LogP contribution in [0.2, 0.25) is 0 Å². The van der Waals surface area contributed by atoms with Crippen LogP contribution in [0.5, 0.6) is 5.75 Å². The number of rotatable bonds is 5. The standard InChI is InChI=1S/C19H17N5O2S/c1-11(16-20-15-6-4-3-5-14(15)18(25)21-16)27-19-22-17(23-24-19)12-7-9-13(26-2)10-8-12/h3-11H,1-2H3,(H,20,21,25)(H,22,23,24). The normalized spacial score (nSPS) is 12.2. The number of nitrogens with one attached hydrogen (secondary N) is 2. The van der Waals surface area contributed by atoms with Gasteiger partial charge in [-0.25, -0.2) is 9.97 Å². The van der Waals surface area contributed by atoms with Gasteiger partial charge in [0, 0.05) is 5.56 Å². The van der Waals surface area contributed by atoms with Crippen molar-refractivity contribution in [1.82, 2.24) is 25.1 Å². The zero-order chi connectivity index (χ0) is 18.8. The van der Waals surface area contributed by atoms with Gasteiger partial charge >= 0.3 is 0 Å². The van der Waals surface area contributed by atoms with Crippen molar-refractivity contribution in [1.29, 1.82) is 0 Å². The smallest absolute Gasteiger partial charge is 0.258 e. The van der Waals surface area contributed by atoms with Crippen LogP contribution in [0.1, 0.15) is 18.0 Å². The first kappa shape index (κ1) is 17.3. The highest BCUT2D eigenvalue weighted by atomic mass is 32.2. The molecular weight excluding hydrogens is 362 g/mol. The molecule has 7 nitrogen and oxygen atoms in total. The molecule has 2 aromatic carbocycles. The van der Waals surface area contributed by atoms with Gasteiger partial charge in [0.15, 0.2) is 5.82 Å². The minimum Gasteiger partial charge on any atom is -0.497 e. The minimum atomic E-state index is -0.142. The zero-order valence-electron chi connectivity index (χ0n) is 14.8. The topological polar surface area (TPSA) is 96.6 Å². The third-order valence-corrected chi connectivity index (χ3v) is 5.10. The molecule has 0 aliphatic heterocycles. The predicted octanol–water partition coefficient (Wildman–Crippen LogP) is 3.57. The summed E-state index contributed by atoms with van der Waals surface area (Å²) in [5.41, 5.74) is 1.45. The Morgan fingerprint density at radius 1 is 1.07 bits per heavy atom. The van der Waals surface area contributed by atoms with Gasteiger partial charge in [-0.1, -0.05) is 23.9 Å². The first-order chi connectivity index (χ1) is 13.1. The maximum absolute atomic E-state index is 12.2. The number of nitrogens with zero attached hydrogens (tertiary/aromatic N) is 3. The summed E-state index contributed by atoms with van der Waals surface area (Å²) in [6.45, 7) is 1.96. The van der Waals surface area contributed by atoms with Crippen molar-refractivity contribution in [2.75, 3.05) is 7.11 Å². The summed E-state index contributed by atoms with van der Waals surface area (Å²) in [5.74, 6) is 2.06. The van der Waals surface area contributed by atoms with Gasteiger partial charge in [-0.15, -0.1) is 5.10 Å². The molecule has 0 aliphatic carbocycles. The number of methoxy groups -OCH3 is 1. The first-order valence-electron chi connectivity index (χ1n) is 8.36. The molecule has 2 N–H and O–H groups in total. The summed E-state index contributed by atoms with van der Waals surface area (Å²) in [7, 11) is 1.63. The van der Waals surface area contributed by atoms with Gasteiger partial charge in [0.25, 0.3) is 5.56 Å². The van der Waals surface area contributed by atoms with E-state index in [0.29, 0.717) is 27.7 Å². The highest BCUT2D eigenvalue weighted by Crippen LogP contribution is 2.31. The van der Waals surface area contributed by atoms with Crippen molar-refractivity contribution >= 4 is 22.7 Å². The Morgan fingerprint density at radius 2 is 1.85 bits per heavy atom. The lowest BCUT2D eigenvalue weighted by Gasteiger charge is -2.08. The van der Waals surface area contributed by atoms with E-state index in [1.54, 1.807) is 13.2 Å². The van der Waals surface area contributed by atoms with Crippen LogP contribution >= 0.6 is 11.8 Å². The van der Waals surface area contributed by atoms with Crippen molar-refractivity contribution < 1.29 is 4.74 Å². The second-order valence-corrected chi connectivity index (χ2v) is 7.23. The van der Waals surface area contributed by atoms with Crippen molar-refractivity contribution in [2.45, 2.75) is 17.3 Å². The molecule has 0 bridgehead atoms. The Kier molecular flexibility index (Phi) is 4.64. The number of hydrogen-bond donors (Lipinski definition) is 2. The number of fused-ring (bicyclic) bond motifs is 1. The van der Waals surface area contributed by atoms with E-state index < -0.39 is 0 Å². The molecule has 0 saturated heterocycles. The fourth-order valence-corrected chi connectivity index (χ4v) is 3.47. The molecule has 0 fully saturated rings. The quantitative estimate of drug-likeness (QED) is 0.515. The zero-order valence-corrected chi connectivity index (χ0v) is 15.6. The molecule has 2 heterocycles. The second kappa shape index (κ2) is 7.24. The van der Waals surface area contributed by atoms with Crippen molar-refractivity contribution in [3.8, 4) is 17.1 Å². The maximum Gasteiger partial charge on any atom is 0.258 e. The first-order valence-corrected chi connectivity index (χ1v) is 9.24. The SMILES string of the molecule is COc1ccc(-c2nc(SC(C)c3nc4ccccc4c(=O)[nH]3)n[nH]2)cc1. The maximum atomic E-state index is 12.2. The highest BCUT2D eigenvalue weighted by Gasteiger charge is 2.15. The number of hydrogen-bond acceptors (Lipinski definition) is 6. The third kappa shape index (κ3) is 3.56. The van der Waals surface area contributed by atoms with Gasteiger partial charge in [0.1, 0.15) is 11.6 Å². The molecule has 8 heteroatoms. The van der Waals surface area contributed by atoms with E-state index in [-0.39, 0.29) is 10.8 Å². The second-order valence-electron chi connectivity index (χ2n) is 5.92. The van der Waals surface area contributed by atoms with Gasteiger partial charge in [-0.3, -0.25) is 9.89 Å². The molecule has 4 aromatic rings. The average molecular weight is 379 g/mol. The van der Waals surface area contributed by atoms with Crippen LogP contribution in [0.3, 0.4) is 0 Å². The monoisotopic (exact) mass is 379 g/mol. The molecule has 0 aliphatic rings. The molecule has 0 amide bonds. The molecular formula is C19H17N5O2S. The highest BCUT2D eigenvalue weighted by molar-refractivity contribution is 7.99. The lowest BCUT2D eigenvalue weighted by Crippen LogP contribution is -2.12. The number of para-hydroxylation sites is 1. The van der Waals surface area contributed by atoms with Crippen molar-refractivity contribution in [3.05, 3.63) is 64.7 Å². The van der Waals surface area contributed by atoms with Gasteiger partial charge < -0.3 is 9.72 Å². The van der Waals surface area contributed by atoms with Crippen LogP contribution in [0, 0.1) is 0 Å². The van der Waals surface area contributed by atoms with Gasteiger partial charge in [0.05, 0.1) is 23.3 Å². The Bertz CT molecular complexity index is 1140. The van der Waals surface area contributed by atoms with Crippen LogP contribution < -0.4 is 10.3 Å². The van der Waals surface area contributed by atoms with Crippen molar-refractivity contribution in [2.24, 2.45) is 0 Å². The summed E-state index contributed by atoms with van der Waals surface area (Å²) in [4.78, 5) is 24.2. The lowest BCUT2D eigenvalue weighted by atomic mass is 10.2. The summed E-state index contributed by atoms with van der Waals surface area (Å²) in [6, 6.07) is 14.9. The molecule has 0 saturated carbocycles. The Balaban J connectivity index is 1.55. The van der Waals surface area contributed by atoms with Crippen LogP contribution in [0.15, 0.2) is 58.5 Å².